The zero-order valence-electron chi connectivity index (χ0n) is 9.35. The summed E-state index contributed by atoms with van der Waals surface area (Å²) in [5, 5.41) is 0. The molecular formula is C12H24. The molecule has 0 aromatic rings. The first-order chi connectivity index (χ1) is 5.49. The van der Waals surface area contributed by atoms with Crippen LogP contribution < -0.4 is 0 Å². The molecule has 12 heavy (non-hydrogen) atoms. The van der Waals surface area contributed by atoms with Crippen LogP contribution in [0.5, 0.6) is 0 Å². The summed E-state index contributed by atoms with van der Waals surface area (Å²) in [5.74, 6) is 2.91. The van der Waals surface area contributed by atoms with Crippen LogP contribution in [0.3, 0.4) is 0 Å². The molecular weight excluding hydrogens is 144 g/mol. The molecule has 0 radical (unpaired) electrons. The van der Waals surface area contributed by atoms with Gasteiger partial charge in [0.1, 0.15) is 0 Å². The molecule has 0 aromatic carbocycles. The van der Waals surface area contributed by atoms with Gasteiger partial charge in [-0.1, -0.05) is 47.5 Å². The van der Waals surface area contributed by atoms with Crippen molar-refractivity contribution in [2.75, 3.05) is 0 Å². The van der Waals surface area contributed by atoms with Crippen molar-refractivity contribution in [3.05, 3.63) is 0 Å². The second kappa shape index (κ2) is 3.40. The summed E-state index contributed by atoms with van der Waals surface area (Å²) in [6.45, 7) is 12.0. The summed E-state index contributed by atoms with van der Waals surface area (Å²) in [5.41, 5.74) is 0.555. The van der Waals surface area contributed by atoms with Gasteiger partial charge in [0.15, 0.2) is 0 Å². The highest BCUT2D eigenvalue weighted by Crippen LogP contribution is 2.47. The van der Waals surface area contributed by atoms with Crippen LogP contribution in [-0.4, -0.2) is 0 Å². The fourth-order valence-corrected chi connectivity index (χ4v) is 2.34. The Morgan fingerprint density at radius 3 is 2.17 bits per heavy atom. The van der Waals surface area contributed by atoms with E-state index in [1.165, 1.54) is 19.3 Å². The Labute approximate surface area is 77.7 Å². The highest BCUT2D eigenvalue weighted by atomic mass is 14.4. The second-order valence-corrected chi connectivity index (χ2v) is 5.35. The van der Waals surface area contributed by atoms with Gasteiger partial charge in [-0.3, -0.25) is 0 Å². The van der Waals surface area contributed by atoms with Crippen molar-refractivity contribution in [1.29, 1.82) is 0 Å². The van der Waals surface area contributed by atoms with Crippen LogP contribution in [0.2, 0.25) is 0 Å². The molecule has 0 saturated heterocycles. The van der Waals surface area contributed by atoms with Crippen LogP contribution in [0.25, 0.3) is 0 Å². The molecule has 3 unspecified atom stereocenters. The van der Waals surface area contributed by atoms with Crippen molar-refractivity contribution in [2.24, 2.45) is 23.2 Å². The maximum Gasteiger partial charge on any atom is -0.0328 e. The Balaban J connectivity index is 2.51. The first-order valence-electron chi connectivity index (χ1n) is 5.49. The fourth-order valence-electron chi connectivity index (χ4n) is 2.34. The van der Waals surface area contributed by atoms with E-state index < -0.39 is 0 Å². The molecule has 72 valence electrons. The van der Waals surface area contributed by atoms with Crippen molar-refractivity contribution in [3.8, 4) is 0 Å². The van der Waals surface area contributed by atoms with E-state index in [1.807, 2.05) is 0 Å². The van der Waals surface area contributed by atoms with Crippen LogP contribution in [-0.2, 0) is 0 Å². The Kier molecular flexibility index (Phi) is 2.85. The van der Waals surface area contributed by atoms with E-state index in [1.54, 1.807) is 0 Å². The van der Waals surface area contributed by atoms with Gasteiger partial charge >= 0.3 is 0 Å². The zero-order chi connectivity index (χ0) is 9.35. The minimum Gasteiger partial charge on any atom is -0.0649 e. The van der Waals surface area contributed by atoms with Crippen molar-refractivity contribution < 1.29 is 0 Å². The molecule has 1 saturated carbocycles. The van der Waals surface area contributed by atoms with Crippen LogP contribution in [0.4, 0.5) is 0 Å². The molecule has 0 heteroatoms. The maximum atomic E-state index is 2.45. The molecule has 0 aromatic heterocycles. The Morgan fingerprint density at radius 1 is 1.33 bits per heavy atom. The lowest BCUT2D eigenvalue weighted by Crippen LogP contribution is -2.36. The number of hydrogen-bond donors (Lipinski definition) is 0. The standard InChI is InChI=1S/C12H24/c1-6-12(4,5)10(3)11-8-7-9(11)2/h9-11H,6-8H2,1-5H3. The highest BCUT2D eigenvalue weighted by Gasteiger charge is 2.38. The minimum absolute atomic E-state index is 0.555. The third-order valence-corrected chi connectivity index (χ3v) is 4.47. The highest BCUT2D eigenvalue weighted by molar-refractivity contribution is 4.87. The lowest BCUT2D eigenvalue weighted by atomic mass is 9.60. The smallest absolute Gasteiger partial charge is 0.0328 e. The Hall–Kier alpha value is 0. The molecule has 1 rings (SSSR count). The Morgan fingerprint density at radius 2 is 1.92 bits per heavy atom. The monoisotopic (exact) mass is 168 g/mol. The van der Waals surface area contributed by atoms with Crippen molar-refractivity contribution in [3.63, 3.8) is 0 Å². The largest absolute Gasteiger partial charge is 0.0649 e. The van der Waals surface area contributed by atoms with E-state index in [0.29, 0.717) is 5.41 Å². The van der Waals surface area contributed by atoms with Crippen LogP contribution in [0.1, 0.15) is 53.9 Å². The normalized spacial score (nSPS) is 32.8. The number of hydrogen-bond acceptors (Lipinski definition) is 0. The quantitative estimate of drug-likeness (QED) is 0.595. The fraction of sp³-hybridized carbons (Fsp3) is 1.00. The summed E-state index contributed by atoms with van der Waals surface area (Å²) < 4.78 is 0. The predicted molar refractivity (Wildman–Crippen MR) is 55.1 cm³/mol. The molecule has 0 bridgehead atoms. The second-order valence-electron chi connectivity index (χ2n) is 5.35. The van der Waals surface area contributed by atoms with Crippen molar-refractivity contribution >= 4 is 0 Å². The zero-order valence-corrected chi connectivity index (χ0v) is 9.35. The SMILES string of the molecule is CCC(C)(C)C(C)C1CCC1C. The molecule has 0 N–H and O–H groups in total. The molecule has 0 spiro atoms. The van der Waals surface area contributed by atoms with E-state index in [4.69, 9.17) is 0 Å². The summed E-state index contributed by atoms with van der Waals surface area (Å²) >= 11 is 0. The average Bonchev–Trinajstić information content (AvgIpc) is 2.01. The van der Waals surface area contributed by atoms with Gasteiger partial charge in [-0.25, -0.2) is 0 Å². The molecule has 0 heterocycles. The first-order valence-corrected chi connectivity index (χ1v) is 5.49. The molecule has 1 aliphatic carbocycles. The summed E-state index contributed by atoms with van der Waals surface area (Å²) in [7, 11) is 0. The number of rotatable bonds is 3. The van der Waals surface area contributed by atoms with Gasteiger partial charge in [-0.15, -0.1) is 0 Å². The third kappa shape index (κ3) is 1.67. The average molecular weight is 168 g/mol. The van der Waals surface area contributed by atoms with Gasteiger partial charge < -0.3 is 0 Å². The Bertz CT molecular complexity index is 146. The molecule has 3 atom stereocenters. The van der Waals surface area contributed by atoms with E-state index in [9.17, 15) is 0 Å². The van der Waals surface area contributed by atoms with Gasteiger partial charge in [0.25, 0.3) is 0 Å². The minimum atomic E-state index is 0.555. The third-order valence-electron chi connectivity index (χ3n) is 4.47. The van der Waals surface area contributed by atoms with Crippen LogP contribution >= 0.6 is 0 Å². The van der Waals surface area contributed by atoms with E-state index in [-0.39, 0.29) is 0 Å². The first kappa shape index (κ1) is 10.1. The summed E-state index contributed by atoms with van der Waals surface area (Å²) in [6, 6.07) is 0. The molecule has 0 aliphatic heterocycles. The van der Waals surface area contributed by atoms with E-state index in [0.717, 1.165) is 17.8 Å². The summed E-state index contributed by atoms with van der Waals surface area (Å²) in [6.07, 6.45) is 4.26. The van der Waals surface area contributed by atoms with Gasteiger partial charge in [0, 0.05) is 0 Å². The van der Waals surface area contributed by atoms with E-state index in [2.05, 4.69) is 34.6 Å². The molecule has 1 aliphatic rings. The summed E-state index contributed by atoms with van der Waals surface area (Å²) in [4.78, 5) is 0. The topological polar surface area (TPSA) is 0 Å². The molecule has 0 nitrogen and oxygen atoms in total. The van der Waals surface area contributed by atoms with E-state index >= 15 is 0 Å². The molecule has 0 amide bonds. The van der Waals surface area contributed by atoms with Gasteiger partial charge in [-0.2, -0.15) is 0 Å². The molecule has 1 fully saturated rings. The van der Waals surface area contributed by atoms with Crippen LogP contribution in [0.15, 0.2) is 0 Å². The van der Waals surface area contributed by atoms with Gasteiger partial charge in [0.2, 0.25) is 0 Å². The van der Waals surface area contributed by atoms with Crippen molar-refractivity contribution in [1.82, 2.24) is 0 Å². The van der Waals surface area contributed by atoms with Gasteiger partial charge in [-0.05, 0) is 29.6 Å². The van der Waals surface area contributed by atoms with Gasteiger partial charge in [0.05, 0.1) is 0 Å². The predicted octanol–water partition coefficient (Wildman–Crippen LogP) is 4.10. The maximum absolute atomic E-state index is 2.45. The van der Waals surface area contributed by atoms with Crippen molar-refractivity contribution in [2.45, 2.75) is 53.9 Å². The van der Waals surface area contributed by atoms with Crippen LogP contribution in [0, 0.1) is 23.2 Å². The lowest BCUT2D eigenvalue weighted by Gasteiger charge is -2.45. The lowest BCUT2D eigenvalue weighted by molar-refractivity contribution is 0.0457.